The maximum atomic E-state index is 12.5. The topological polar surface area (TPSA) is 108 Å². The van der Waals surface area contributed by atoms with Crippen LogP contribution < -0.4 is 10.9 Å². The van der Waals surface area contributed by atoms with E-state index >= 15 is 0 Å². The molecule has 4 rings (SSSR count). The second-order valence-electron chi connectivity index (χ2n) is 11.7. The number of carbonyl (C=O) groups excluding carboxylic acids is 1. The molecule has 0 spiro atoms. The number of rotatable bonds is 9. The van der Waals surface area contributed by atoms with E-state index in [1.165, 1.54) is 0 Å². The third kappa shape index (κ3) is 7.15. The molecule has 1 aliphatic rings. The summed E-state index contributed by atoms with van der Waals surface area (Å²) in [4.78, 5) is 29.9. The fraction of sp³-hybridized carbons (Fsp3) is 0.567. The lowest BCUT2D eigenvalue weighted by molar-refractivity contribution is -0.160. The second-order valence-corrected chi connectivity index (χ2v) is 11.7. The van der Waals surface area contributed by atoms with Gasteiger partial charge < -0.3 is 29.0 Å². The molecule has 2 unspecified atom stereocenters. The fourth-order valence-electron chi connectivity index (χ4n) is 5.11. The Labute approximate surface area is 230 Å². The summed E-state index contributed by atoms with van der Waals surface area (Å²) in [6.07, 6.45) is 3.66. The Bertz CT molecular complexity index is 1340. The quantitative estimate of drug-likeness (QED) is 0.402. The van der Waals surface area contributed by atoms with Crippen molar-refractivity contribution >= 4 is 17.0 Å². The molecule has 1 fully saturated rings. The van der Waals surface area contributed by atoms with Crippen molar-refractivity contribution in [2.75, 3.05) is 19.8 Å². The number of ether oxygens (including phenoxy) is 2. The van der Waals surface area contributed by atoms with Crippen LogP contribution in [0.3, 0.4) is 0 Å². The van der Waals surface area contributed by atoms with E-state index in [2.05, 4.69) is 28.1 Å². The number of nitrogens with zero attached hydrogens (tertiary/aromatic N) is 3. The fourth-order valence-corrected chi connectivity index (χ4v) is 5.11. The van der Waals surface area contributed by atoms with Gasteiger partial charge in [0.1, 0.15) is 17.5 Å². The van der Waals surface area contributed by atoms with Gasteiger partial charge in [-0.2, -0.15) is 0 Å². The highest BCUT2D eigenvalue weighted by Gasteiger charge is 2.28. The summed E-state index contributed by atoms with van der Waals surface area (Å²) < 4.78 is 14.9. The average molecular weight is 539 g/mol. The van der Waals surface area contributed by atoms with Crippen LogP contribution in [0.25, 0.3) is 22.4 Å². The zero-order valence-corrected chi connectivity index (χ0v) is 24.0. The summed E-state index contributed by atoms with van der Waals surface area (Å²) in [7, 11) is 1.77. The molecule has 1 saturated heterocycles. The Morgan fingerprint density at radius 3 is 2.62 bits per heavy atom. The van der Waals surface area contributed by atoms with Crippen molar-refractivity contribution in [2.24, 2.45) is 13.0 Å². The third-order valence-electron chi connectivity index (χ3n) is 7.14. The Morgan fingerprint density at radius 1 is 1.26 bits per heavy atom. The van der Waals surface area contributed by atoms with Gasteiger partial charge in [0.25, 0.3) is 5.56 Å². The first-order valence-corrected chi connectivity index (χ1v) is 13.8. The zero-order chi connectivity index (χ0) is 28.3. The van der Waals surface area contributed by atoms with Gasteiger partial charge >= 0.3 is 5.97 Å². The largest absolute Gasteiger partial charge is 0.459 e. The number of esters is 1. The van der Waals surface area contributed by atoms with Crippen LogP contribution in [0.15, 0.2) is 35.3 Å². The number of aliphatic hydroxyl groups excluding tert-OH is 1. The van der Waals surface area contributed by atoms with E-state index in [4.69, 9.17) is 14.5 Å². The van der Waals surface area contributed by atoms with Gasteiger partial charge in [-0.15, -0.1) is 0 Å². The molecule has 2 N–H and O–H groups in total. The number of aryl methyl sites for hydroxylation is 2. The van der Waals surface area contributed by atoms with Crippen LogP contribution in [0.2, 0.25) is 0 Å². The molecule has 3 heterocycles. The zero-order valence-electron chi connectivity index (χ0n) is 24.0. The molecule has 0 amide bonds. The van der Waals surface area contributed by atoms with E-state index in [1.54, 1.807) is 18.5 Å². The molecule has 0 aliphatic carbocycles. The standard InChI is InChI=1S/C30H42N4O5/c1-19-15-23(18-33(6)28(19)36)27-32-24-16-21(7-8-25(24)34(27)17-22-10-13-38-14-11-22)9-12-31-26(20(2)35)29(37)39-30(3,4)5/h7-8,15-16,18,20,22,26,31,35H,9-14,17H2,1-6H3. The first-order chi connectivity index (χ1) is 18.4. The second kappa shape index (κ2) is 12.0. The number of hydrogen-bond donors (Lipinski definition) is 2. The van der Waals surface area contributed by atoms with Crippen LogP contribution in [-0.2, 0) is 34.3 Å². The van der Waals surface area contributed by atoms with Gasteiger partial charge in [-0.3, -0.25) is 9.59 Å². The van der Waals surface area contributed by atoms with Crippen molar-refractivity contribution in [3.05, 3.63) is 51.9 Å². The predicted octanol–water partition coefficient (Wildman–Crippen LogP) is 3.36. The number of pyridine rings is 1. The van der Waals surface area contributed by atoms with Gasteiger partial charge in [0.05, 0.1) is 17.1 Å². The number of carbonyl (C=O) groups is 1. The van der Waals surface area contributed by atoms with E-state index < -0.39 is 23.7 Å². The molecule has 39 heavy (non-hydrogen) atoms. The maximum absolute atomic E-state index is 12.5. The first kappa shape index (κ1) is 29.0. The van der Waals surface area contributed by atoms with E-state index in [1.807, 2.05) is 40.0 Å². The minimum absolute atomic E-state index is 0.0116. The monoisotopic (exact) mass is 538 g/mol. The lowest BCUT2D eigenvalue weighted by atomic mass is 10.00. The molecule has 1 aliphatic heterocycles. The van der Waals surface area contributed by atoms with Crippen LogP contribution in [-0.4, -0.2) is 62.7 Å². The van der Waals surface area contributed by atoms with Gasteiger partial charge in [0.2, 0.25) is 0 Å². The smallest absolute Gasteiger partial charge is 0.326 e. The molecule has 9 nitrogen and oxygen atoms in total. The molecular weight excluding hydrogens is 496 g/mol. The molecule has 212 valence electrons. The number of fused-ring (bicyclic) bond motifs is 1. The minimum atomic E-state index is -0.879. The lowest BCUT2D eigenvalue weighted by Gasteiger charge is -2.26. The summed E-state index contributed by atoms with van der Waals surface area (Å²) in [5.41, 5.74) is 3.98. The number of imidazole rings is 1. The number of nitrogens with one attached hydrogen (secondary N) is 1. The van der Waals surface area contributed by atoms with Gasteiger partial charge in [-0.25, -0.2) is 4.98 Å². The minimum Gasteiger partial charge on any atom is -0.459 e. The highest BCUT2D eigenvalue weighted by molar-refractivity contribution is 5.81. The predicted molar refractivity (Wildman–Crippen MR) is 152 cm³/mol. The van der Waals surface area contributed by atoms with E-state index in [0.29, 0.717) is 24.4 Å². The summed E-state index contributed by atoms with van der Waals surface area (Å²) in [6, 6.07) is 7.40. The number of aromatic nitrogens is 3. The van der Waals surface area contributed by atoms with Crippen LogP contribution >= 0.6 is 0 Å². The van der Waals surface area contributed by atoms with Crippen molar-refractivity contribution < 1.29 is 19.4 Å². The Hall–Kier alpha value is -3.01. The molecule has 2 aromatic heterocycles. The van der Waals surface area contributed by atoms with Crippen molar-refractivity contribution in [3.8, 4) is 11.4 Å². The normalized spacial score (nSPS) is 16.4. The van der Waals surface area contributed by atoms with Crippen molar-refractivity contribution in [2.45, 2.75) is 78.2 Å². The van der Waals surface area contributed by atoms with E-state index in [-0.39, 0.29) is 5.56 Å². The van der Waals surface area contributed by atoms with E-state index in [9.17, 15) is 14.7 Å². The van der Waals surface area contributed by atoms with Crippen LogP contribution in [0.4, 0.5) is 0 Å². The Balaban J connectivity index is 1.59. The highest BCUT2D eigenvalue weighted by atomic mass is 16.6. The summed E-state index contributed by atoms with van der Waals surface area (Å²) in [5.74, 6) is 0.888. The molecule has 0 bridgehead atoms. The Kier molecular flexibility index (Phi) is 8.93. The first-order valence-electron chi connectivity index (χ1n) is 13.8. The van der Waals surface area contributed by atoms with Crippen LogP contribution in [0, 0.1) is 12.8 Å². The number of aliphatic hydroxyl groups is 1. The maximum Gasteiger partial charge on any atom is 0.326 e. The summed E-state index contributed by atoms with van der Waals surface area (Å²) >= 11 is 0. The molecule has 0 radical (unpaired) electrons. The van der Waals surface area contributed by atoms with Crippen LogP contribution in [0.1, 0.15) is 51.7 Å². The molecule has 0 saturated carbocycles. The van der Waals surface area contributed by atoms with Crippen molar-refractivity contribution in [3.63, 3.8) is 0 Å². The lowest BCUT2D eigenvalue weighted by Crippen LogP contribution is -2.48. The molecule has 9 heteroatoms. The van der Waals surface area contributed by atoms with Crippen molar-refractivity contribution in [1.82, 2.24) is 19.4 Å². The van der Waals surface area contributed by atoms with Gasteiger partial charge in [-0.05, 0) is 83.6 Å². The number of hydrogen-bond acceptors (Lipinski definition) is 7. The Morgan fingerprint density at radius 2 is 1.97 bits per heavy atom. The van der Waals surface area contributed by atoms with Crippen LogP contribution in [0.5, 0.6) is 0 Å². The summed E-state index contributed by atoms with van der Waals surface area (Å²) in [5, 5.41) is 13.3. The molecular formula is C30H42N4O5. The van der Waals surface area contributed by atoms with Gasteiger partial charge in [0.15, 0.2) is 0 Å². The molecule has 1 aromatic carbocycles. The summed E-state index contributed by atoms with van der Waals surface area (Å²) in [6.45, 7) is 11.7. The van der Waals surface area contributed by atoms with Gasteiger partial charge in [-0.1, -0.05) is 6.07 Å². The third-order valence-corrected chi connectivity index (χ3v) is 7.14. The van der Waals surface area contributed by atoms with Crippen molar-refractivity contribution in [1.29, 1.82) is 0 Å². The number of benzene rings is 1. The van der Waals surface area contributed by atoms with Gasteiger partial charge in [0, 0.05) is 50.7 Å². The van der Waals surface area contributed by atoms with E-state index in [0.717, 1.165) is 60.6 Å². The SMILES string of the molecule is Cc1cc(-c2nc3cc(CCNC(C(=O)OC(C)(C)C)C(C)O)ccc3n2CC2CCOCC2)cn(C)c1=O. The molecule has 2 atom stereocenters. The molecule has 3 aromatic rings. The average Bonchev–Trinajstić information content (AvgIpc) is 3.21. The highest BCUT2D eigenvalue weighted by Crippen LogP contribution is 2.29.